The Kier molecular flexibility index (Phi) is 4.64. The lowest BCUT2D eigenvalue weighted by Gasteiger charge is -2.09. The summed E-state index contributed by atoms with van der Waals surface area (Å²) < 4.78 is 0. The zero-order valence-electron chi connectivity index (χ0n) is 9.51. The summed E-state index contributed by atoms with van der Waals surface area (Å²) in [5, 5.41) is 7.68. The molecule has 16 heavy (non-hydrogen) atoms. The summed E-state index contributed by atoms with van der Waals surface area (Å²) in [6.45, 7) is 4.44. The summed E-state index contributed by atoms with van der Waals surface area (Å²) in [5.41, 5.74) is 1.30. The van der Waals surface area contributed by atoms with Gasteiger partial charge >= 0.3 is 0 Å². The number of hydrogen-bond acceptors (Lipinski definition) is 2. The number of hydrogen-bond donors (Lipinski definition) is 2. The van der Waals surface area contributed by atoms with E-state index in [2.05, 4.69) is 22.8 Å². The maximum Gasteiger partial charge on any atom is 0.0406 e. The van der Waals surface area contributed by atoms with E-state index in [0.29, 0.717) is 0 Å². The average Bonchev–Trinajstić information content (AvgIpc) is 2.80. The molecule has 2 N–H and O–H groups in total. The Bertz CT molecular complexity index is 304. The smallest absolute Gasteiger partial charge is 0.0406 e. The van der Waals surface area contributed by atoms with E-state index in [1.807, 2.05) is 12.1 Å². The molecule has 0 spiro atoms. The molecule has 1 aliphatic heterocycles. The van der Waals surface area contributed by atoms with Crippen LogP contribution in [0.25, 0.3) is 0 Å². The van der Waals surface area contributed by atoms with Crippen LogP contribution in [-0.4, -0.2) is 19.6 Å². The van der Waals surface area contributed by atoms with Crippen molar-refractivity contribution in [3.63, 3.8) is 0 Å². The minimum Gasteiger partial charge on any atom is -0.316 e. The number of halogens is 1. The van der Waals surface area contributed by atoms with E-state index in [1.165, 1.54) is 31.5 Å². The van der Waals surface area contributed by atoms with Crippen molar-refractivity contribution >= 4 is 11.6 Å². The highest BCUT2D eigenvalue weighted by atomic mass is 35.5. The van der Waals surface area contributed by atoms with Gasteiger partial charge in [0.05, 0.1) is 0 Å². The van der Waals surface area contributed by atoms with Crippen LogP contribution in [0.2, 0.25) is 5.02 Å². The zero-order valence-corrected chi connectivity index (χ0v) is 10.3. The maximum atomic E-state index is 5.83. The molecule has 3 heteroatoms. The highest BCUT2D eigenvalue weighted by Gasteiger charge is 2.12. The molecule has 2 nitrogen and oxygen atoms in total. The molecule has 1 aromatic carbocycles. The van der Waals surface area contributed by atoms with Crippen LogP contribution in [0.4, 0.5) is 0 Å². The molecule has 1 heterocycles. The predicted octanol–water partition coefficient (Wildman–Crippen LogP) is 2.43. The molecule has 0 aliphatic carbocycles. The van der Waals surface area contributed by atoms with E-state index < -0.39 is 0 Å². The Hall–Kier alpha value is -0.570. The van der Waals surface area contributed by atoms with Crippen molar-refractivity contribution < 1.29 is 0 Å². The van der Waals surface area contributed by atoms with E-state index >= 15 is 0 Å². The number of benzene rings is 1. The van der Waals surface area contributed by atoms with E-state index in [9.17, 15) is 0 Å². The lowest BCUT2D eigenvalue weighted by atomic mass is 10.1. The number of rotatable bonds is 5. The van der Waals surface area contributed by atoms with E-state index in [4.69, 9.17) is 11.6 Å². The fraction of sp³-hybridized carbons (Fsp3) is 0.538. The average molecular weight is 239 g/mol. The van der Waals surface area contributed by atoms with Crippen molar-refractivity contribution in [3.05, 3.63) is 34.9 Å². The van der Waals surface area contributed by atoms with Gasteiger partial charge in [-0.3, -0.25) is 0 Å². The lowest BCUT2D eigenvalue weighted by molar-refractivity contribution is 0.500. The van der Waals surface area contributed by atoms with Gasteiger partial charge in [0.2, 0.25) is 0 Å². The summed E-state index contributed by atoms with van der Waals surface area (Å²) >= 11 is 5.83. The van der Waals surface area contributed by atoms with E-state index in [-0.39, 0.29) is 0 Å². The Labute approximate surface area is 102 Å². The fourth-order valence-corrected chi connectivity index (χ4v) is 2.23. The largest absolute Gasteiger partial charge is 0.316 e. The molecule has 2 rings (SSSR count). The first kappa shape index (κ1) is 11.9. The third kappa shape index (κ3) is 3.78. The highest BCUT2D eigenvalue weighted by Crippen LogP contribution is 2.11. The highest BCUT2D eigenvalue weighted by molar-refractivity contribution is 6.30. The fourth-order valence-electron chi connectivity index (χ4n) is 2.10. The summed E-state index contributed by atoms with van der Waals surface area (Å²) in [7, 11) is 0. The van der Waals surface area contributed by atoms with Gasteiger partial charge in [0.25, 0.3) is 0 Å². The third-order valence-corrected chi connectivity index (χ3v) is 3.39. The van der Waals surface area contributed by atoms with Gasteiger partial charge < -0.3 is 10.6 Å². The van der Waals surface area contributed by atoms with Crippen LogP contribution in [0.1, 0.15) is 18.4 Å². The van der Waals surface area contributed by atoms with E-state index in [1.54, 1.807) is 0 Å². The second-order valence-electron chi connectivity index (χ2n) is 4.45. The normalized spacial score (nSPS) is 20.2. The molecular formula is C13H19ClN2. The summed E-state index contributed by atoms with van der Waals surface area (Å²) in [4.78, 5) is 0. The van der Waals surface area contributed by atoms with Gasteiger partial charge in [-0.2, -0.15) is 0 Å². The summed E-state index contributed by atoms with van der Waals surface area (Å²) in [6, 6.07) is 8.04. The van der Waals surface area contributed by atoms with Gasteiger partial charge in [-0.1, -0.05) is 23.7 Å². The zero-order chi connectivity index (χ0) is 11.2. The van der Waals surface area contributed by atoms with Crippen LogP contribution in [0.5, 0.6) is 0 Å². The quantitative estimate of drug-likeness (QED) is 0.770. The van der Waals surface area contributed by atoms with Crippen LogP contribution >= 0.6 is 11.6 Å². The standard InChI is InChI=1S/C13H19ClN2/c14-13-3-1-11(2-4-13)9-15-7-5-12-6-8-16-10-12/h1-4,12,15-16H,5-10H2. The SMILES string of the molecule is Clc1ccc(CNCCC2CCNC2)cc1. The molecule has 1 unspecified atom stereocenters. The van der Waals surface area contributed by atoms with Gasteiger partial charge in [0.15, 0.2) is 0 Å². The second-order valence-corrected chi connectivity index (χ2v) is 4.89. The predicted molar refractivity (Wildman–Crippen MR) is 68.8 cm³/mol. The Balaban J connectivity index is 1.62. The van der Waals surface area contributed by atoms with Gasteiger partial charge in [0, 0.05) is 11.6 Å². The molecule has 1 aliphatic rings. The maximum absolute atomic E-state index is 5.83. The third-order valence-electron chi connectivity index (χ3n) is 3.13. The van der Waals surface area contributed by atoms with E-state index in [0.717, 1.165) is 24.0 Å². The molecule has 0 bridgehead atoms. The summed E-state index contributed by atoms with van der Waals surface area (Å²) in [5.74, 6) is 0.873. The number of nitrogens with one attached hydrogen (secondary N) is 2. The Morgan fingerprint density at radius 1 is 1.31 bits per heavy atom. The van der Waals surface area contributed by atoms with Gasteiger partial charge in [0.1, 0.15) is 0 Å². The van der Waals surface area contributed by atoms with Crippen molar-refractivity contribution in [2.45, 2.75) is 19.4 Å². The molecule has 1 atom stereocenters. The minimum absolute atomic E-state index is 0.806. The molecule has 1 fully saturated rings. The first-order valence-corrected chi connectivity index (χ1v) is 6.38. The first-order chi connectivity index (χ1) is 7.84. The molecule has 88 valence electrons. The van der Waals surface area contributed by atoms with Crippen LogP contribution in [0, 0.1) is 5.92 Å². The summed E-state index contributed by atoms with van der Waals surface area (Å²) in [6.07, 6.45) is 2.61. The minimum atomic E-state index is 0.806. The van der Waals surface area contributed by atoms with Crippen molar-refractivity contribution in [1.82, 2.24) is 10.6 Å². The van der Waals surface area contributed by atoms with Crippen LogP contribution in [0.15, 0.2) is 24.3 Å². The molecule has 0 amide bonds. The molecule has 1 aromatic rings. The Morgan fingerprint density at radius 3 is 2.81 bits per heavy atom. The van der Waals surface area contributed by atoms with Crippen molar-refractivity contribution in [3.8, 4) is 0 Å². The topological polar surface area (TPSA) is 24.1 Å². The van der Waals surface area contributed by atoms with Crippen molar-refractivity contribution in [2.75, 3.05) is 19.6 Å². The van der Waals surface area contributed by atoms with Crippen molar-refractivity contribution in [2.24, 2.45) is 5.92 Å². The van der Waals surface area contributed by atoms with Gasteiger partial charge in [-0.25, -0.2) is 0 Å². The van der Waals surface area contributed by atoms with Crippen LogP contribution in [-0.2, 0) is 6.54 Å². The first-order valence-electron chi connectivity index (χ1n) is 6.00. The van der Waals surface area contributed by atoms with Gasteiger partial charge in [-0.15, -0.1) is 0 Å². The Morgan fingerprint density at radius 2 is 2.12 bits per heavy atom. The monoisotopic (exact) mass is 238 g/mol. The van der Waals surface area contributed by atoms with Crippen molar-refractivity contribution in [1.29, 1.82) is 0 Å². The molecule has 1 saturated heterocycles. The lowest BCUT2D eigenvalue weighted by Crippen LogP contribution is -2.19. The van der Waals surface area contributed by atoms with Crippen LogP contribution in [0.3, 0.4) is 0 Å². The van der Waals surface area contributed by atoms with Crippen LogP contribution < -0.4 is 10.6 Å². The van der Waals surface area contributed by atoms with Gasteiger partial charge in [-0.05, 0) is 56.1 Å². The molecular weight excluding hydrogens is 220 g/mol. The second kappa shape index (κ2) is 6.24. The molecule has 0 saturated carbocycles. The molecule has 0 aromatic heterocycles. The molecule has 0 radical (unpaired) electrons.